The molecule has 0 amide bonds. The molecule has 2 aromatic rings. The van der Waals surface area contributed by atoms with E-state index in [1.54, 1.807) is 10.5 Å². The van der Waals surface area contributed by atoms with E-state index in [9.17, 15) is 0 Å². The first-order valence-electron chi connectivity index (χ1n) is 8.10. The summed E-state index contributed by atoms with van der Waals surface area (Å²) in [6.07, 6.45) is 5.73. The van der Waals surface area contributed by atoms with Gasteiger partial charge in [0.05, 0.1) is 18.8 Å². The molecule has 1 unspecified atom stereocenters. The van der Waals surface area contributed by atoms with Gasteiger partial charge in [-0.3, -0.25) is 0 Å². The second kappa shape index (κ2) is 4.37. The lowest BCUT2D eigenvalue weighted by molar-refractivity contribution is -0.923. The Morgan fingerprint density at radius 3 is 3.10 bits per heavy atom. The number of benzene rings is 1. The third-order valence-corrected chi connectivity index (χ3v) is 6.23. The number of para-hydroxylation sites is 1. The largest absolute Gasteiger partial charge is 0.353 e. The highest BCUT2D eigenvalue weighted by Gasteiger charge is 2.50. The van der Waals surface area contributed by atoms with Crippen LogP contribution in [0, 0.1) is 11.8 Å². The molecular weight excluding hydrogens is 280 g/mol. The monoisotopic (exact) mass is 299 g/mol. The summed E-state index contributed by atoms with van der Waals surface area (Å²) >= 11 is 6.36. The molecule has 1 saturated heterocycles. The van der Waals surface area contributed by atoms with Gasteiger partial charge in [0.1, 0.15) is 6.04 Å². The van der Waals surface area contributed by atoms with Gasteiger partial charge in [0.2, 0.25) is 0 Å². The zero-order valence-electron chi connectivity index (χ0n) is 12.0. The van der Waals surface area contributed by atoms with Crippen molar-refractivity contribution in [2.24, 2.45) is 11.8 Å². The fraction of sp³-hybridized carbons (Fsp3) is 0.444. The predicted molar refractivity (Wildman–Crippen MR) is 85.6 cm³/mol. The van der Waals surface area contributed by atoms with Crippen LogP contribution in [0.4, 0.5) is 0 Å². The number of rotatable bonds is 0. The van der Waals surface area contributed by atoms with Crippen molar-refractivity contribution in [3.05, 3.63) is 46.6 Å². The summed E-state index contributed by atoms with van der Waals surface area (Å²) in [5.41, 5.74) is 4.40. The van der Waals surface area contributed by atoms with Gasteiger partial charge in [-0.25, -0.2) is 0 Å². The summed E-state index contributed by atoms with van der Waals surface area (Å²) in [5, 5.41) is 2.52. The molecule has 5 rings (SSSR count). The highest BCUT2D eigenvalue weighted by atomic mass is 35.5. The molecule has 2 aliphatic heterocycles. The molecule has 3 heterocycles. The molecule has 1 aromatic carbocycles. The van der Waals surface area contributed by atoms with E-state index >= 15 is 0 Å². The molecule has 4 atom stereocenters. The number of hydrogen-bond donors (Lipinski definition) is 2. The van der Waals surface area contributed by atoms with Crippen LogP contribution in [-0.4, -0.2) is 18.1 Å². The average Bonchev–Trinajstić information content (AvgIpc) is 3.04. The molecule has 0 spiro atoms. The topological polar surface area (TPSA) is 20.2 Å². The Kier molecular flexibility index (Phi) is 2.56. The second-order valence-corrected chi connectivity index (χ2v) is 7.40. The minimum Gasteiger partial charge on any atom is -0.353 e. The molecule has 2 nitrogen and oxygen atoms in total. The van der Waals surface area contributed by atoms with Crippen LogP contribution < -0.4 is 4.90 Å². The predicted octanol–water partition coefficient (Wildman–Crippen LogP) is 2.81. The van der Waals surface area contributed by atoms with Crippen LogP contribution in [0.5, 0.6) is 0 Å². The molecule has 1 aromatic heterocycles. The Morgan fingerprint density at radius 2 is 2.14 bits per heavy atom. The van der Waals surface area contributed by atoms with Crippen molar-refractivity contribution in [3.63, 3.8) is 0 Å². The zero-order valence-corrected chi connectivity index (χ0v) is 12.8. The summed E-state index contributed by atoms with van der Waals surface area (Å²) < 4.78 is 0. The number of allylic oxidation sites excluding steroid dienone is 2. The maximum absolute atomic E-state index is 6.36. The summed E-state index contributed by atoms with van der Waals surface area (Å²) in [4.78, 5) is 5.53. The van der Waals surface area contributed by atoms with Gasteiger partial charge in [-0.2, -0.15) is 0 Å². The zero-order chi connectivity index (χ0) is 14.0. The van der Waals surface area contributed by atoms with E-state index in [4.69, 9.17) is 11.6 Å². The molecule has 1 aliphatic carbocycles. The van der Waals surface area contributed by atoms with Crippen LogP contribution in [0.1, 0.15) is 30.1 Å². The molecule has 1 fully saturated rings. The smallest absolute Gasteiger partial charge is 0.132 e. The maximum Gasteiger partial charge on any atom is 0.132 e. The van der Waals surface area contributed by atoms with Crippen molar-refractivity contribution in [3.8, 4) is 0 Å². The standard InChI is InChI=1S/C18H19ClN2/c19-12-6-5-11-10-21-8-7-14-13-3-1-2-4-16(13)20-17(14)18(21)15(11)9-12/h1-4,6,11,15,18,20H,5,7-10H2/p+1/t11-,15+,18+/m1/s1. The van der Waals surface area contributed by atoms with Crippen LogP contribution in [0.2, 0.25) is 0 Å². The lowest BCUT2D eigenvalue weighted by atomic mass is 9.79. The minimum atomic E-state index is 0.633. The first kappa shape index (κ1) is 12.3. The van der Waals surface area contributed by atoms with Crippen LogP contribution in [0.15, 0.2) is 35.4 Å². The number of H-pyrrole nitrogens is 1. The van der Waals surface area contributed by atoms with Crippen LogP contribution in [0.25, 0.3) is 10.9 Å². The summed E-state index contributed by atoms with van der Waals surface area (Å²) in [6, 6.07) is 9.41. The van der Waals surface area contributed by atoms with E-state index in [1.165, 1.54) is 42.5 Å². The molecule has 0 radical (unpaired) electrons. The van der Waals surface area contributed by atoms with Crippen LogP contribution in [0.3, 0.4) is 0 Å². The summed E-state index contributed by atoms with van der Waals surface area (Å²) in [5.74, 6) is 1.55. The van der Waals surface area contributed by atoms with Gasteiger partial charge in [-0.15, -0.1) is 0 Å². The van der Waals surface area contributed by atoms with E-state index in [-0.39, 0.29) is 0 Å². The van der Waals surface area contributed by atoms with Crippen molar-refractivity contribution in [1.29, 1.82) is 0 Å². The molecule has 0 saturated carbocycles. The van der Waals surface area contributed by atoms with Gasteiger partial charge in [-0.1, -0.05) is 35.9 Å². The van der Waals surface area contributed by atoms with E-state index in [0.717, 1.165) is 23.3 Å². The fourth-order valence-corrected chi connectivity index (χ4v) is 5.30. The Balaban J connectivity index is 1.65. The third kappa shape index (κ3) is 1.69. The number of hydrogen-bond acceptors (Lipinski definition) is 0. The van der Waals surface area contributed by atoms with E-state index < -0.39 is 0 Å². The molecule has 3 heteroatoms. The molecule has 2 N–H and O–H groups in total. The molecule has 108 valence electrons. The lowest BCUT2D eigenvalue weighted by Gasteiger charge is -2.30. The van der Waals surface area contributed by atoms with Gasteiger partial charge in [-0.05, 0) is 24.5 Å². The molecule has 3 aliphatic rings. The van der Waals surface area contributed by atoms with E-state index in [2.05, 4.69) is 35.3 Å². The number of fused-ring (bicyclic) bond motifs is 7. The highest BCUT2D eigenvalue weighted by molar-refractivity contribution is 6.29. The Labute approximate surface area is 129 Å². The molecular formula is C18H20ClN2+. The fourth-order valence-electron chi connectivity index (χ4n) is 5.04. The Bertz CT molecular complexity index is 745. The minimum absolute atomic E-state index is 0.633. The van der Waals surface area contributed by atoms with E-state index in [1.807, 2.05) is 0 Å². The quantitative estimate of drug-likeness (QED) is 0.746. The van der Waals surface area contributed by atoms with E-state index in [0.29, 0.717) is 6.04 Å². The van der Waals surface area contributed by atoms with Crippen molar-refractivity contribution >= 4 is 22.5 Å². The second-order valence-electron chi connectivity index (χ2n) is 6.92. The molecule has 0 bridgehead atoms. The number of aromatic amines is 1. The van der Waals surface area contributed by atoms with Crippen molar-refractivity contribution in [1.82, 2.24) is 4.98 Å². The van der Waals surface area contributed by atoms with Gasteiger partial charge in [0.25, 0.3) is 0 Å². The third-order valence-electron chi connectivity index (χ3n) is 5.92. The van der Waals surface area contributed by atoms with Gasteiger partial charge >= 0.3 is 0 Å². The molecule has 21 heavy (non-hydrogen) atoms. The number of quaternary nitrogens is 1. The Morgan fingerprint density at radius 1 is 1.24 bits per heavy atom. The first-order valence-corrected chi connectivity index (χ1v) is 8.47. The summed E-state index contributed by atoms with van der Waals surface area (Å²) in [7, 11) is 0. The van der Waals surface area contributed by atoms with Crippen LogP contribution >= 0.6 is 11.6 Å². The first-order chi connectivity index (χ1) is 10.3. The van der Waals surface area contributed by atoms with Crippen LogP contribution in [-0.2, 0) is 6.42 Å². The Hall–Kier alpha value is -1.25. The SMILES string of the molecule is ClC1=CC[C@@H]2C[NH+]3CCc4c([nH]c5ccccc45)[C@@H]3[C@H]2C1. The lowest BCUT2D eigenvalue weighted by Crippen LogP contribution is -3.11. The van der Waals surface area contributed by atoms with Crippen molar-refractivity contribution < 1.29 is 4.90 Å². The number of halogens is 1. The van der Waals surface area contributed by atoms with Crippen molar-refractivity contribution in [2.75, 3.05) is 13.1 Å². The van der Waals surface area contributed by atoms with Gasteiger partial charge in [0, 0.05) is 34.2 Å². The summed E-state index contributed by atoms with van der Waals surface area (Å²) in [6.45, 7) is 2.61. The average molecular weight is 300 g/mol. The number of nitrogens with one attached hydrogen (secondary N) is 2. The van der Waals surface area contributed by atoms with Gasteiger partial charge in [0.15, 0.2) is 0 Å². The highest BCUT2D eigenvalue weighted by Crippen LogP contribution is 2.43. The normalized spacial score (nSPS) is 34.2. The maximum atomic E-state index is 6.36. The number of aromatic nitrogens is 1. The van der Waals surface area contributed by atoms with Gasteiger partial charge < -0.3 is 9.88 Å². The van der Waals surface area contributed by atoms with Crippen molar-refractivity contribution in [2.45, 2.75) is 25.3 Å².